The topological polar surface area (TPSA) is 80.8 Å². The summed E-state index contributed by atoms with van der Waals surface area (Å²) in [6, 6.07) is 5.46. The first-order valence-electron chi connectivity index (χ1n) is 7.92. The summed E-state index contributed by atoms with van der Waals surface area (Å²) < 4.78 is 27.8. The van der Waals surface area contributed by atoms with E-state index in [0.29, 0.717) is 24.9 Å². The zero-order valence-corrected chi connectivity index (χ0v) is 15.0. The number of ether oxygens (including phenoxy) is 1. The Labute approximate surface area is 142 Å². The number of benzene rings is 1. The van der Waals surface area contributed by atoms with Gasteiger partial charge in [0.15, 0.2) is 16.4 Å². The molecular weight excluding hydrogens is 330 g/mol. The number of sulfone groups is 1. The largest absolute Gasteiger partial charge is 0.452 e. The van der Waals surface area contributed by atoms with Crippen molar-refractivity contribution in [1.82, 2.24) is 4.90 Å². The Morgan fingerprint density at radius 3 is 2.17 bits per heavy atom. The van der Waals surface area contributed by atoms with Gasteiger partial charge in [0.1, 0.15) is 0 Å². The molecule has 1 aliphatic rings. The van der Waals surface area contributed by atoms with Crippen molar-refractivity contribution in [3.05, 3.63) is 29.8 Å². The molecule has 1 heterocycles. The van der Waals surface area contributed by atoms with E-state index in [1.165, 1.54) is 24.3 Å². The third-order valence-electron chi connectivity index (χ3n) is 4.07. The van der Waals surface area contributed by atoms with Gasteiger partial charge in [0.25, 0.3) is 5.91 Å². The fourth-order valence-corrected chi connectivity index (χ4v) is 3.64. The second kappa shape index (κ2) is 7.34. The Bertz CT molecular complexity index is 701. The number of amides is 1. The third-order valence-corrected chi connectivity index (χ3v) is 5.19. The van der Waals surface area contributed by atoms with Gasteiger partial charge in [-0.05, 0) is 42.5 Å². The molecule has 0 unspecified atom stereocenters. The second-order valence-electron chi connectivity index (χ2n) is 6.62. The van der Waals surface area contributed by atoms with Crippen LogP contribution in [-0.2, 0) is 19.4 Å². The molecule has 132 valence electrons. The highest BCUT2D eigenvalue weighted by Gasteiger charge is 2.26. The van der Waals surface area contributed by atoms with E-state index in [1.807, 2.05) is 0 Å². The van der Waals surface area contributed by atoms with Crippen LogP contribution in [0.25, 0.3) is 0 Å². The summed E-state index contributed by atoms with van der Waals surface area (Å²) >= 11 is 0. The van der Waals surface area contributed by atoms with Crippen LogP contribution in [-0.4, -0.2) is 51.1 Å². The summed E-state index contributed by atoms with van der Waals surface area (Å²) in [6.45, 7) is 5.27. The zero-order chi connectivity index (χ0) is 17.9. The third kappa shape index (κ3) is 4.80. The van der Waals surface area contributed by atoms with E-state index >= 15 is 0 Å². The Balaban J connectivity index is 1.92. The van der Waals surface area contributed by atoms with Crippen molar-refractivity contribution in [3.8, 4) is 0 Å². The minimum atomic E-state index is -3.31. The van der Waals surface area contributed by atoms with E-state index in [-0.39, 0.29) is 23.0 Å². The summed E-state index contributed by atoms with van der Waals surface area (Å²) in [4.78, 5) is 26.0. The highest BCUT2D eigenvalue weighted by Crippen LogP contribution is 2.21. The maximum atomic E-state index is 12.2. The molecule has 1 aromatic rings. The van der Waals surface area contributed by atoms with Gasteiger partial charge in [0.05, 0.1) is 10.5 Å². The molecule has 0 N–H and O–H groups in total. The number of hydrogen-bond acceptors (Lipinski definition) is 5. The SMILES string of the molecule is C[C@@H]1C[C@H](C)CN(C(=O)COC(=O)c2ccc(S(C)(=O)=O)cc2)C1. The first-order chi connectivity index (χ1) is 11.2. The summed E-state index contributed by atoms with van der Waals surface area (Å²) in [5.41, 5.74) is 0.218. The van der Waals surface area contributed by atoms with Crippen LogP contribution in [0.4, 0.5) is 0 Å². The lowest BCUT2D eigenvalue weighted by Crippen LogP contribution is -2.44. The second-order valence-corrected chi connectivity index (χ2v) is 8.63. The van der Waals surface area contributed by atoms with Gasteiger partial charge in [0, 0.05) is 19.3 Å². The van der Waals surface area contributed by atoms with Crippen LogP contribution in [0, 0.1) is 11.8 Å². The first-order valence-corrected chi connectivity index (χ1v) is 9.81. The Morgan fingerprint density at radius 1 is 1.12 bits per heavy atom. The van der Waals surface area contributed by atoms with E-state index in [4.69, 9.17) is 4.74 Å². The quantitative estimate of drug-likeness (QED) is 0.771. The number of piperidine rings is 1. The number of carbonyl (C=O) groups is 2. The van der Waals surface area contributed by atoms with Crippen LogP contribution >= 0.6 is 0 Å². The van der Waals surface area contributed by atoms with Gasteiger partial charge in [-0.1, -0.05) is 13.8 Å². The maximum Gasteiger partial charge on any atom is 0.338 e. The average molecular weight is 353 g/mol. The molecule has 2 rings (SSSR count). The lowest BCUT2D eigenvalue weighted by molar-refractivity contribution is -0.137. The molecule has 1 aliphatic heterocycles. The normalized spacial score (nSPS) is 21.4. The molecular formula is C17H23NO5S. The first kappa shape index (κ1) is 18.4. The highest BCUT2D eigenvalue weighted by molar-refractivity contribution is 7.90. The Kier molecular flexibility index (Phi) is 5.64. The van der Waals surface area contributed by atoms with Gasteiger partial charge in [-0.15, -0.1) is 0 Å². The number of esters is 1. The molecule has 0 saturated carbocycles. The van der Waals surface area contributed by atoms with Crippen LogP contribution < -0.4 is 0 Å². The number of rotatable bonds is 4. The number of nitrogens with zero attached hydrogens (tertiary/aromatic N) is 1. The van der Waals surface area contributed by atoms with E-state index in [1.54, 1.807) is 4.90 Å². The van der Waals surface area contributed by atoms with Gasteiger partial charge in [0.2, 0.25) is 0 Å². The molecule has 7 heteroatoms. The predicted molar refractivity (Wildman–Crippen MR) is 89.4 cm³/mol. The molecule has 1 aromatic carbocycles. The molecule has 0 bridgehead atoms. The van der Waals surface area contributed by atoms with Crippen molar-refractivity contribution in [1.29, 1.82) is 0 Å². The van der Waals surface area contributed by atoms with Crippen LogP contribution in [0.1, 0.15) is 30.6 Å². The zero-order valence-electron chi connectivity index (χ0n) is 14.2. The van der Waals surface area contributed by atoms with Crippen LogP contribution in [0.15, 0.2) is 29.2 Å². The average Bonchev–Trinajstić information content (AvgIpc) is 2.50. The van der Waals surface area contributed by atoms with Gasteiger partial charge in [-0.25, -0.2) is 13.2 Å². The lowest BCUT2D eigenvalue weighted by Gasteiger charge is -2.34. The number of likely N-dealkylation sites (tertiary alicyclic amines) is 1. The minimum Gasteiger partial charge on any atom is -0.452 e. The van der Waals surface area contributed by atoms with Crippen LogP contribution in [0.5, 0.6) is 0 Å². The predicted octanol–water partition coefficient (Wildman–Crippen LogP) is 1.75. The van der Waals surface area contributed by atoms with E-state index < -0.39 is 15.8 Å². The van der Waals surface area contributed by atoms with E-state index in [9.17, 15) is 18.0 Å². The number of carbonyl (C=O) groups excluding carboxylic acids is 2. The summed E-state index contributed by atoms with van der Waals surface area (Å²) in [7, 11) is -3.31. The standard InChI is InChI=1S/C17H23NO5S/c1-12-8-13(2)10-18(9-12)16(19)11-23-17(20)14-4-6-15(7-5-14)24(3,21)22/h4-7,12-13H,8-11H2,1-3H3/t12-,13+. The molecule has 0 radical (unpaired) electrons. The molecule has 1 saturated heterocycles. The summed E-state index contributed by atoms with van der Waals surface area (Å²) in [5.74, 6) is 0.0462. The maximum absolute atomic E-state index is 12.2. The van der Waals surface area contributed by atoms with Crippen molar-refractivity contribution in [2.45, 2.75) is 25.2 Å². The van der Waals surface area contributed by atoms with Crippen molar-refractivity contribution in [2.24, 2.45) is 11.8 Å². The fourth-order valence-electron chi connectivity index (χ4n) is 3.01. The van der Waals surface area contributed by atoms with Gasteiger partial charge >= 0.3 is 5.97 Å². The van der Waals surface area contributed by atoms with Crippen molar-refractivity contribution < 1.29 is 22.7 Å². The molecule has 0 aromatic heterocycles. The van der Waals surface area contributed by atoms with Gasteiger partial charge < -0.3 is 9.64 Å². The minimum absolute atomic E-state index is 0.131. The molecule has 6 nitrogen and oxygen atoms in total. The summed E-state index contributed by atoms with van der Waals surface area (Å²) in [6.07, 6.45) is 2.19. The number of hydrogen-bond donors (Lipinski definition) is 0. The van der Waals surface area contributed by atoms with Crippen molar-refractivity contribution >= 4 is 21.7 Å². The van der Waals surface area contributed by atoms with E-state index in [2.05, 4.69) is 13.8 Å². The molecule has 0 aliphatic carbocycles. The van der Waals surface area contributed by atoms with Gasteiger partial charge in [-0.3, -0.25) is 4.79 Å². The highest BCUT2D eigenvalue weighted by atomic mass is 32.2. The molecule has 0 spiro atoms. The lowest BCUT2D eigenvalue weighted by atomic mass is 9.92. The molecule has 1 fully saturated rings. The fraction of sp³-hybridized carbons (Fsp3) is 0.529. The van der Waals surface area contributed by atoms with Crippen molar-refractivity contribution in [2.75, 3.05) is 26.0 Å². The molecule has 1 amide bonds. The van der Waals surface area contributed by atoms with E-state index in [0.717, 1.165) is 12.7 Å². The Hall–Kier alpha value is -1.89. The van der Waals surface area contributed by atoms with Crippen LogP contribution in [0.3, 0.4) is 0 Å². The smallest absolute Gasteiger partial charge is 0.338 e. The van der Waals surface area contributed by atoms with Crippen LogP contribution in [0.2, 0.25) is 0 Å². The Morgan fingerprint density at radius 2 is 1.67 bits per heavy atom. The van der Waals surface area contributed by atoms with Gasteiger partial charge in [-0.2, -0.15) is 0 Å². The summed E-state index contributed by atoms with van der Waals surface area (Å²) in [5, 5.41) is 0. The monoisotopic (exact) mass is 353 g/mol. The molecule has 2 atom stereocenters. The van der Waals surface area contributed by atoms with Crippen molar-refractivity contribution in [3.63, 3.8) is 0 Å². The molecule has 24 heavy (non-hydrogen) atoms.